The van der Waals surface area contributed by atoms with Gasteiger partial charge >= 0.3 is 0 Å². The van der Waals surface area contributed by atoms with Gasteiger partial charge in [0.25, 0.3) is 0 Å². The summed E-state index contributed by atoms with van der Waals surface area (Å²) in [5, 5.41) is 3.53. The molecule has 4 rings (SSSR count). The highest BCUT2D eigenvalue weighted by Crippen LogP contribution is 2.20. The number of rotatable bonds is 8. The van der Waals surface area contributed by atoms with Gasteiger partial charge in [0, 0.05) is 31.9 Å². The lowest BCUT2D eigenvalue weighted by molar-refractivity contribution is 0.259. The second kappa shape index (κ2) is 10.6. The number of aromatic nitrogens is 2. The zero-order valence-corrected chi connectivity index (χ0v) is 17.6. The third-order valence-electron chi connectivity index (χ3n) is 6.32. The van der Waals surface area contributed by atoms with Gasteiger partial charge in [-0.2, -0.15) is 4.98 Å². The minimum atomic E-state index is 0.594. The number of benzene rings is 1. The first kappa shape index (κ1) is 20.1. The van der Waals surface area contributed by atoms with E-state index in [9.17, 15) is 0 Å². The summed E-state index contributed by atoms with van der Waals surface area (Å²) in [6.45, 7) is 5.57. The summed E-state index contributed by atoms with van der Waals surface area (Å²) >= 11 is 0. The van der Waals surface area contributed by atoms with E-state index in [1.54, 1.807) is 0 Å². The van der Waals surface area contributed by atoms with E-state index in [-0.39, 0.29) is 0 Å². The normalized spacial score (nSPS) is 20.6. The van der Waals surface area contributed by atoms with Gasteiger partial charge in [-0.3, -0.25) is 4.90 Å². The molecule has 2 saturated heterocycles. The van der Waals surface area contributed by atoms with Crippen molar-refractivity contribution in [2.45, 2.75) is 57.4 Å². The molecule has 1 aromatic carbocycles. The standard InChI is InChI=1S/C24H35N5/c1-2-7-17-29(16-6-1)23-14-15-25-24(27-23)26-20-22-13-9-19-28(22)18-8-12-21-10-4-3-5-11-21/h3-5,10-11,14-15,22H,1-2,6-9,12-13,16-20H2,(H,25,26,27). The van der Waals surface area contributed by atoms with Crippen LogP contribution in [-0.2, 0) is 6.42 Å². The number of nitrogens with one attached hydrogen (secondary N) is 1. The highest BCUT2D eigenvalue weighted by Gasteiger charge is 2.24. The average molecular weight is 394 g/mol. The van der Waals surface area contributed by atoms with E-state index in [1.807, 2.05) is 6.20 Å². The summed E-state index contributed by atoms with van der Waals surface area (Å²) in [7, 11) is 0. The predicted octanol–water partition coefficient (Wildman–Crippen LogP) is 4.37. The molecule has 0 saturated carbocycles. The molecule has 0 bridgehead atoms. The Hall–Kier alpha value is -2.14. The highest BCUT2D eigenvalue weighted by atomic mass is 15.2. The number of hydrogen-bond donors (Lipinski definition) is 1. The van der Waals surface area contributed by atoms with Crippen LogP contribution < -0.4 is 10.2 Å². The molecule has 2 aromatic rings. The Morgan fingerprint density at radius 1 is 0.931 bits per heavy atom. The van der Waals surface area contributed by atoms with Crippen LogP contribution in [0.2, 0.25) is 0 Å². The Morgan fingerprint density at radius 2 is 1.76 bits per heavy atom. The SMILES string of the molecule is c1ccc(CCCN2CCCC2CNc2nccc(N3CCCCCC3)n2)cc1. The lowest BCUT2D eigenvalue weighted by atomic mass is 10.1. The molecule has 1 unspecified atom stereocenters. The van der Waals surface area contributed by atoms with Gasteiger partial charge in [-0.1, -0.05) is 43.2 Å². The molecule has 1 N–H and O–H groups in total. The van der Waals surface area contributed by atoms with E-state index in [2.05, 4.69) is 56.5 Å². The van der Waals surface area contributed by atoms with Crippen molar-refractivity contribution in [2.24, 2.45) is 0 Å². The lowest BCUT2D eigenvalue weighted by Crippen LogP contribution is -2.36. The Morgan fingerprint density at radius 3 is 2.59 bits per heavy atom. The molecule has 5 heteroatoms. The van der Waals surface area contributed by atoms with Gasteiger partial charge in [-0.15, -0.1) is 0 Å². The second-order valence-electron chi connectivity index (χ2n) is 8.44. The van der Waals surface area contributed by atoms with Crippen LogP contribution in [0.25, 0.3) is 0 Å². The van der Waals surface area contributed by atoms with Gasteiger partial charge in [-0.25, -0.2) is 4.98 Å². The van der Waals surface area contributed by atoms with Gasteiger partial charge in [0.05, 0.1) is 0 Å². The predicted molar refractivity (Wildman–Crippen MR) is 121 cm³/mol. The fourth-order valence-corrected chi connectivity index (χ4v) is 4.67. The quantitative estimate of drug-likeness (QED) is 0.722. The summed E-state index contributed by atoms with van der Waals surface area (Å²) in [6, 6.07) is 13.5. The molecule has 0 amide bonds. The summed E-state index contributed by atoms with van der Waals surface area (Å²) in [6.07, 6.45) is 12.1. The number of likely N-dealkylation sites (tertiary alicyclic amines) is 1. The smallest absolute Gasteiger partial charge is 0.224 e. The minimum Gasteiger partial charge on any atom is -0.356 e. The first-order chi connectivity index (χ1) is 14.4. The molecular weight excluding hydrogens is 358 g/mol. The maximum absolute atomic E-state index is 4.81. The molecule has 29 heavy (non-hydrogen) atoms. The van der Waals surface area contributed by atoms with Crippen molar-refractivity contribution in [1.29, 1.82) is 0 Å². The Balaban J connectivity index is 1.26. The van der Waals surface area contributed by atoms with Crippen molar-refractivity contribution in [3.8, 4) is 0 Å². The first-order valence-electron chi connectivity index (χ1n) is 11.5. The van der Waals surface area contributed by atoms with Crippen LogP contribution in [0.15, 0.2) is 42.6 Å². The Kier molecular flexibility index (Phi) is 7.35. The van der Waals surface area contributed by atoms with Crippen molar-refractivity contribution in [3.05, 3.63) is 48.2 Å². The maximum Gasteiger partial charge on any atom is 0.224 e. The number of hydrogen-bond acceptors (Lipinski definition) is 5. The molecule has 1 atom stereocenters. The van der Waals surface area contributed by atoms with Crippen LogP contribution in [0.5, 0.6) is 0 Å². The average Bonchev–Trinajstić information content (AvgIpc) is 3.03. The monoisotopic (exact) mass is 393 g/mol. The third kappa shape index (κ3) is 5.92. The van der Waals surface area contributed by atoms with Crippen LogP contribution in [0.1, 0.15) is 50.5 Å². The maximum atomic E-state index is 4.81. The minimum absolute atomic E-state index is 0.594. The molecule has 1 aromatic heterocycles. The molecule has 0 radical (unpaired) electrons. The summed E-state index contributed by atoms with van der Waals surface area (Å²) < 4.78 is 0. The van der Waals surface area contributed by atoms with Crippen molar-refractivity contribution >= 4 is 11.8 Å². The topological polar surface area (TPSA) is 44.3 Å². The Bertz CT molecular complexity index is 727. The van der Waals surface area contributed by atoms with Crippen molar-refractivity contribution in [1.82, 2.24) is 14.9 Å². The van der Waals surface area contributed by atoms with E-state index < -0.39 is 0 Å². The van der Waals surface area contributed by atoms with Crippen molar-refractivity contribution in [3.63, 3.8) is 0 Å². The van der Waals surface area contributed by atoms with Crippen LogP contribution in [-0.4, -0.2) is 53.6 Å². The van der Waals surface area contributed by atoms with Crippen LogP contribution >= 0.6 is 0 Å². The summed E-state index contributed by atoms with van der Waals surface area (Å²) in [5.41, 5.74) is 1.44. The van der Waals surface area contributed by atoms with Crippen molar-refractivity contribution < 1.29 is 0 Å². The van der Waals surface area contributed by atoms with Crippen molar-refractivity contribution in [2.75, 3.05) is 42.9 Å². The third-order valence-corrected chi connectivity index (χ3v) is 6.32. The highest BCUT2D eigenvalue weighted by molar-refractivity contribution is 5.42. The van der Waals surface area contributed by atoms with E-state index in [0.717, 1.165) is 31.4 Å². The van der Waals surface area contributed by atoms with Gasteiger partial charge in [0.2, 0.25) is 5.95 Å². The fourth-order valence-electron chi connectivity index (χ4n) is 4.67. The van der Waals surface area contributed by atoms with E-state index in [0.29, 0.717) is 6.04 Å². The first-order valence-corrected chi connectivity index (χ1v) is 11.5. The number of aryl methyl sites for hydroxylation is 1. The molecule has 3 heterocycles. The summed E-state index contributed by atoms with van der Waals surface area (Å²) in [4.78, 5) is 14.4. The Labute approximate surface area is 175 Å². The van der Waals surface area contributed by atoms with Crippen LogP contribution in [0.3, 0.4) is 0 Å². The van der Waals surface area contributed by atoms with Gasteiger partial charge in [0.1, 0.15) is 5.82 Å². The van der Waals surface area contributed by atoms with Crippen LogP contribution in [0.4, 0.5) is 11.8 Å². The lowest BCUT2D eigenvalue weighted by Gasteiger charge is -2.25. The van der Waals surface area contributed by atoms with Gasteiger partial charge in [0.15, 0.2) is 0 Å². The van der Waals surface area contributed by atoms with E-state index >= 15 is 0 Å². The van der Waals surface area contributed by atoms with Gasteiger partial charge < -0.3 is 10.2 Å². The van der Waals surface area contributed by atoms with Crippen LogP contribution in [0, 0.1) is 0 Å². The van der Waals surface area contributed by atoms with E-state index in [1.165, 1.54) is 70.0 Å². The second-order valence-corrected chi connectivity index (χ2v) is 8.44. The molecule has 0 aliphatic carbocycles. The molecule has 0 spiro atoms. The zero-order chi connectivity index (χ0) is 19.7. The van der Waals surface area contributed by atoms with Gasteiger partial charge in [-0.05, 0) is 63.2 Å². The molecular formula is C24H35N5. The summed E-state index contributed by atoms with van der Waals surface area (Å²) in [5.74, 6) is 1.86. The molecule has 2 aliphatic rings. The molecule has 2 fully saturated rings. The number of anilines is 2. The number of nitrogens with zero attached hydrogens (tertiary/aromatic N) is 4. The largest absolute Gasteiger partial charge is 0.356 e. The van der Waals surface area contributed by atoms with E-state index in [4.69, 9.17) is 4.98 Å². The molecule has 5 nitrogen and oxygen atoms in total. The zero-order valence-electron chi connectivity index (χ0n) is 17.6. The molecule has 2 aliphatic heterocycles. The fraction of sp³-hybridized carbons (Fsp3) is 0.583. The molecule has 156 valence electrons.